The van der Waals surface area contributed by atoms with Crippen molar-refractivity contribution in [3.63, 3.8) is 0 Å². The Labute approximate surface area is 43.4 Å². The van der Waals surface area contributed by atoms with E-state index in [1.165, 1.54) is 0 Å². The smallest absolute Gasteiger partial charge is 0.111 e. The zero-order valence-corrected chi connectivity index (χ0v) is 4.48. The lowest BCUT2D eigenvalue weighted by molar-refractivity contribution is 0.140. The van der Waals surface area contributed by atoms with Crippen molar-refractivity contribution >= 4 is 0 Å². The first-order valence-corrected chi connectivity index (χ1v) is 2.22. The van der Waals surface area contributed by atoms with Gasteiger partial charge in [-0.05, 0) is 6.92 Å². The van der Waals surface area contributed by atoms with E-state index in [1.807, 2.05) is 6.92 Å². The van der Waals surface area contributed by atoms with Crippen LogP contribution in [0, 0.1) is 0 Å². The second-order valence-corrected chi connectivity index (χ2v) is 1.20. The molecule has 0 aromatic heterocycles. The molecule has 0 saturated heterocycles. The first-order valence-electron chi connectivity index (χ1n) is 2.22. The van der Waals surface area contributed by atoms with Crippen molar-refractivity contribution in [1.82, 2.24) is 0 Å². The molecule has 0 radical (unpaired) electrons. The summed E-state index contributed by atoms with van der Waals surface area (Å²) >= 11 is 0. The van der Waals surface area contributed by atoms with Crippen molar-refractivity contribution in [2.45, 2.75) is 6.92 Å². The molecule has 0 aliphatic rings. The highest BCUT2D eigenvalue weighted by atomic mass is 16.5. The van der Waals surface area contributed by atoms with E-state index in [2.05, 4.69) is 6.58 Å². The maximum Gasteiger partial charge on any atom is 0.111 e. The largest absolute Gasteiger partial charge is 0.510 e. The molecule has 0 saturated carbocycles. The quantitative estimate of drug-likeness (QED) is 0.540. The van der Waals surface area contributed by atoms with Crippen LogP contribution >= 0.6 is 0 Å². The van der Waals surface area contributed by atoms with Gasteiger partial charge in [-0.3, -0.25) is 0 Å². The Kier molecular flexibility index (Phi) is 3.42. The summed E-state index contributed by atoms with van der Waals surface area (Å²) in [5.74, 6) is 0.0850. The Morgan fingerprint density at radius 1 is 1.86 bits per heavy atom. The zero-order valence-electron chi connectivity index (χ0n) is 4.48. The fourth-order valence-corrected chi connectivity index (χ4v) is 0.220. The highest BCUT2D eigenvalue weighted by molar-refractivity contribution is 4.76. The first kappa shape index (κ1) is 6.50. The average molecular weight is 102 g/mol. The van der Waals surface area contributed by atoms with Crippen LogP contribution < -0.4 is 0 Å². The van der Waals surface area contributed by atoms with Crippen LogP contribution in [-0.4, -0.2) is 18.3 Å². The SMILES string of the molecule is C=C(O)COCC. The summed E-state index contributed by atoms with van der Waals surface area (Å²) < 4.78 is 4.75. The summed E-state index contributed by atoms with van der Waals surface area (Å²) in [6.07, 6.45) is 0. The van der Waals surface area contributed by atoms with Gasteiger partial charge in [0.15, 0.2) is 0 Å². The van der Waals surface area contributed by atoms with Crippen LogP contribution in [0.4, 0.5) is 0 Å². The molecule has 7 heavy (non-hydrogen) atoms. The second-order valence-electron chi connectivity index (χ2n) is 1.20. The molecule has 0 aliphatic carbocycles. The van der Waals surface area contributed by atoms with Gasteiger partial charge in [-0.25, -0.2) is 0 Å². The van der Waals surface area contributed by atoms with Crippen LogP contribution in [-0.2, 0) is 4.74 Å². The van der Waals surface area contributed by atoms with Crippen molar-refractivity contribution in [3.05, 3.63) is 12.3 Å². The molecule has 0 rings (SSSR count). The van der Waals surface area contributed by atoms with Crippen molar-refractivity contribution in [2.75, 3.05) is 13.2 Å². The number of hydrogen-bond donors (Lipinski definition) is 1. The Bertz CT molecular complexity index is 59.1. The van der Waals surface area contributed by atoms with E-state index in [1.54, 1.807) is 0 Å². The first-order chi connectivity index (χ1) is 3.27. The molecular weight excluding hydrogens is 92.1 g/mol. The summed E-state index contributed by atoms with van der Waals surface area (Å²) in [6, 6.07) is 0. The third-order valence-electron chi connectivity index (χ3n) is 0.473. The highest BCUT2D eigenvalue weighted by Gasteiger charge is 1.82. The molecule has 0 fully saturated rings. The van der Waals surface area contributed by atoms with Crippen LogP contribution in [0.25, 0.3) is 0 Å². The lowest BCUT2D eigenvalue weighted by atomic mass is 10.6. The summed E-state index contributed by atoms with van der Waals surface area (Å²) in [5.41, 5.74) is 0. The molecule has 2 heteroatoms. The van der Waals surface area contributed by atoms with Crippen molar-refractivity contribution in [3.8, 4) is 0 Å². The minimum absolute atomic E-state index is 0.0850. The normalized spacial score (nSPS) is 8.71. The molecule has 0 spiro atoms. The molecule has 2 nitrogen and oxygen atoms in total. The highest BCUT2D eigenvalue weighted by Crippen LogP contribution is 1.81. The van der Waals surface area contributed by atoms with Gasteiger partial charge in [0.05, 0.1) is 0 Å². The fraction of sp³-hybridized carbons (Fsp3) is 0.600. The van der Waals surface area contributed by atoms with Crippen LogP contribution in [0.3, 0.4) is 0 Å². The maximum absolute atomic E-state index is 8.36. The number of hydrogen-bond acceptors (Lipinski definition) is 2. The third kappa shape index (κ3) is 5.50. The molecular formula is C5H10O2. The van der Waals surface area contributed by atoms with Gasteiger partial charge in [-0.1, -0.05) is 6.58 Å². The number of aliphatic hydroxyl groups is 1. The molecule has 0 heterocycles. The van der Waals surface area contributed by atoms with Gasteiger partial charge in [0, 0.05) is 6.61 Å². The topological polar surface area (TPSA) is 29.5 Å². The second kappa shape index (κ2) is 3.68. The van der Waals surface area contributed by atoms with Gasteiger partial charge < -0.3 is 9.84 Å². The number of rotatable bonds is 3. The zero-order chi connectivity index (χ0) is 5.70. The molecule has 42 valence electrons. The number of ether oxygens (including phenoxy) is 1. The van der Waals surface area contributed by atoms with Gasteiger partial charge in [0.1, 0.15) is 12.4 Å². The maximum atomic E-state index is 8.36. The minimum Gasteiger partial charge on any atom is -0.510 e. The van der Waals surface area contributed by atoms with E-state index < -0.39 is 0 Å². The van der Waals surface area contributed by atoms with E-state index in [0.29, 0.717) is 6.61 Å². The Balaban J connectivity index is 2.82. The summed E-state index contributed by atoms with van der Waals surface area (Å²) in [6.45, 7) is 5.97. The Hall–Kier alpha value is -0.500. The average Bonchev–Trinajstić information content (AvgIpc) is 1.61. The minimum atomic E-state index is 0.0850. The molecule has 1 N–H and O–H groups in total. The fourth-order valence-electron chi connectivity index (χ4n) is 0.220. The summed E-state index contributed by atoms with van der Waals surface area (Å²) in [5, 5.41) is 8.36. The standard InChI is InChI=1S/C5H10O2/c1-3-7-4-5(2)6/h6H,2-4H2,1H3. The van der Waals surface area contributed by atoms with Gasteiger partial charge in [-0.15, -0.1) is 0 Å². The van der Waals surface area contributed by atoms with Crippen molar-refractivity contribution in [1.29, 1.82) is 0 Å². The third-order valence-corrected chi connectivity index (χ3v) is 0.473. The summed E-state index contributed by atoms with van der Waals surface area (Å²) in [7, 11) is 0. The van der Waals surface area contributed by atoms with E-state index in [0.717, 1.165) is 0 Å². The molecule has 0 bridgehead atoms. The van der Waals surface area contributed by atoms with Crippen LogP contribution in [0.15, 0.2) is 12.3 Å². The van der Waals surface area contributed by atoms with E-state index >= 15 is 0 Å². The van der Waals surface area contributed by atoms with Crippen LogP contribution in [0.1, 0.15) is 6.92 Å². The molecule has 0 atom stereocenters. The lowest BCUT2D eigenvalue weighted by Crippen LogP contribution is -1.94. The van der Waals surface area contributed by atoms with Gasteiger partial charge >= 0.3 is 0 Å². The van der Waals surface area contributed by atoms with Crippen molar-refractivity contribution < 1.29 is 9.84 Å². The van der Waals surface area contributed by atoms with Crippen molar-refractivity contribution in [2.24, 2.45) is 0 Å². The Morgan fingerprint density at radius 2 is 2.43 bits per heavy atom. The molecule has 0 aliphatic heterocycles. The Morgan fingerprint density at radius 3 is 2.57 bits per heavy atom. The van der Waals surface area contributed by atoms with Crippen LogP contribution in [0.5, 0.6) is 0 Å². The summed E-state index contributed by atoms with van der Waals surface area (Å²) in [4.78, 5) is 0. The van der Waals surface area contributed by atoms with Crippen LogP contribution in [0.2, 0.25) is 0 Å². The molecule has 0 amide bonds. The van der Waals surface area contributed by atoms with E-state index in [-0.39, 0.29) is 12.4 Å². The monoisotopic (exact) mass is 102 g/mol. The molecule has 0 unspecified atom stereocenters. The predicted octanol–water partition coefficient (Wildman–Crippen LogP) is 1.09. The molecule has 0 aromatic carbocycles. The van der Waals surface area contributed by atoms with E-state index in [4.69, 9.17) is 9.84 Å². The van der Waals surface area contributed by atoms with Gasteiger partial charge in [-0.2, -0.15) is 0 Å². The van der Waals surface area contributed by atoms with E-state index in [9.17, 15) is 0 Å². The lowest BCUT2D eigenvalue weighted by Gasteiger charge is -1.94. The van der Waals surface area contributed by atoms with Gasteiger partial charge in [0.2, 0.25) is 0 Å². The number of aliphatic hydroxyl groups excluding tert-OH is 1. The molecule has 0 aromatic rings. The van der Waals surface area contributed by atoms with Gasteiger partial charge in [0.25, 0.3) is 0 Å². The predicted molar refractivity (Wildman–Crippen MR) is 28.3 cm³/mol.